The Kier molecular flexibility index (Phi) is 5.96. The van der Waals surface area contributed by atoms with Crippen LogP contribution < -0.4 is 20.5 Å². The summed E-state index contributed by atoms with van der Waals surface area (Å²) in [6.07, 6.45) is 0. The summed E-state index contributed by atoms with van der Waals surface area (Å²) in [5, 5.41) is 2.56. The molecule has 2 aromatic rings. The van der Waals surface area contributed by atoms with E-state index in [1.807, 2.05) is 0 Å². The number of nitrogens with two attached hydrogens (primary N) is 1. The predicted octanol–water partition coefficient (Wildman–Crippen LogP) is 1.34. The zero-order chi connectivity index (χ0) is 19.3. The Morgan fingerprint density at radius 3 is 2.42 bits per heavy atom. The molecule has 0 aromatic heterocycles. The molecule has 2 rings (SSSR count). The van der Waals surface area contributed by atoms with E-state index < -0.39 is 21.8 Å². The van der Waals surface area contributed by atoms with Crippen molar-refractivity contribution in [2.45, 2.75) is 11.8 Å². The fourth-order valence-corrected chi connectivity index (χ4v) is 3.37. The number of para-hydroxylation sites is 1. The number of primary amides is 1. The Morgan fingerprint density at radius 1 is 1.12 bits per heavy atom. The molecule has 9 heteroatoms. The Balaban J connectivity index is 2.44. The van der Waals surface area contributed by atoms with Crippen molar-refractivity contribution in [2.24, 2.45) is 5.73 Å². The van der Waals surface area contributed by atoms with Crippen molar-refractivity contribution in [2.75, 3.05) is 19.0 Å². The van der Waals surface area contributed by atoms with Crippen LogP contribution >= 0.6 is 0 Å². The first-order valence-electron chi connectivity index (χ1n) is 7.68. The van der Waals surface area contributed by atoms with Crippen LogP contribution in [0.15, 0.2) is 47.4 Å². The van der Waals surface area contributed by atoms with Crippen LogP contribution in [-0.4, -0.2) is 33.9 Å². The van der Waals surface area contributed by atoms with Gasteiger partial charge in [0.25, 0.3) is 11.8 Å². The number of carbonyl (C=O) groups excluding carboxylic acids is 2. The van der Waals surface area contributed by atoms with Gasteiger partial charge in [0.05, 0.1) is 28.8 Å². The van der Waals surface area contributed by atoms with Crippen LogP contribution in [0.4, 0.5) is 5.69 Å². The van der Waals surface area contributed by atoms with E-state index in [-0.39, 0.29) is 34.0 Å². The molecule has 0 aliphatic rings. The lowest BCUT2D eigenvalue weighted by molar-refractivity contribution is 0.100. The zero-order valence-electron chi connectivity index (χ0n) is 14.3. The number of benzene rings is 2. The molecule has 0 fully saturated rings. The van der Waals surface area contributed by atoms with E-state index in [4.69, 9.17) is 10.5 Å². The minimum atomic E-state index is -3.75. The molecule has 2 aromatic carbocycles. The first-order chi connectivity index (χ1) is 12.3. The number of anilines is 1. The third-order valence-electron chi connectivity index (χ3n) is 3.50. The van der Waals surface area contributed by atoms with E-state index in [0.717, 1.165) is 0 Å². The minimum Gasteiger partial charge on any atom is -0.496 e. The molecule has 0 saturated carbocycles. The first kappa shape index (κ1) is 19.4. The third kappa shape index (κ3) is 4.19. The van der Waals surface area contributed by atoms with Crippen LogP contribution in [0.5, 0.6) is 5.75 Å². The van der Waals surface area contributed by atoms with Crippen LogP contribution in [-0.2, 0) is 10.0 Å². The summed E-state index contributed by atoms with van der Waals surface area (Å²) in [6, 6.07) is 10.2. The lowest BCUT2D eigenvalue weighted by Crippen LogP contribution is -2.24. The van der Waals surface area contributed by atoms with Gasteiger partial charge in [-0.3, -0.25) is 9.59 Å². The van der Waals surface area contributed by atoms with Gasteiger partial charge in [-0.2, -0.15) is 0 Å². The summed E-state index contributed by atoms with van der Waals surface area (Å²) in [5.74, 6) is -1.14. The molecule has 26 heavy (non-hydrogen) atoms. The van der Waals surface area contributed by atoms with Crippen molar-refractivity contribution < 1.29 is 22.7 Å². The SMILES string of the molecule is CCNS(=O)(=O)c1ccc(OC)c(C(=O)Nc2ccccc2C(N)=O)c1. The summed E-state index contributed by atoms with van der Waals surface area (Å²) >= 11 is 0. The Hall–Kier alpha value is -2.91. The standard InChI is InChI=1S/C17H19N3O5S/c1-3-19-26(23,24)11-8-9-15(25-2)13(10-11)17(22)20-14-7-5-4-6-12(14)16(18)21/h4-10,19H,3H2,1-2H3,(H2,18,21)(H,20,22). The summed E-state index contributed by atoms with van der Waals surface area (Å²) in [6.45, 7) is 1.86. The maximum absolute atomic E-state index is 12.6. The third-order valence-corrected chi connectivity index (χ3v) is 5.04. The normalized spacial score (nSPS) is 11.0. The molecule has 0 saturated heterocycles. The molecule has 0 aliphatic carbocycles. The summed E-state index contributed by atoms with van der Waals surface area (Å²) in [5.41, 5.74) is 5.65. The van der Waals surface area contributed by atoms with E-state index in [9.17, 15) is 18.0 Å². The van der Waals surface area contributed by atoms with Crippen molar-refractivity contribution in [3.8, 4) is 5.75 Å². The predicted molar refractivity (Wildman–Crippen MR) is 96.8 cm³/mol. The lowest BCUT2D eigenvalue weighted by Gasteiger charge is -2.13. The first-order valence-corrected chi connectivity index (χ1v) is 9.16. The number of amides is 2. The zero-order valence-corrected chi connectivity index (χ0v) is 15.1. The molecule has 0 bridgehead atoms. The molecule has 0 radical (unpaired) electrons. The van der Waals surface area contributed by atoms with Gasteiger partial charge in [0.1, 0.15) is 5.75 Å². The number of ether oxygens (including phenoxy) is 1. The second kappa shape index (κ2) is 7.98. The number of rotatable bonds is 7. The van der Waals surface area contributed by atoms with Crippen LogP contribution in [0.3, 0.4) is 0 Å². The minimum absolute atomic E-state index is 0.00533. The number of hydrogen-bond acceptors (Lipinski definition) is 5. The van der Waals surface area contributed by atoms with Gasteiger partial charge in [0, 0.05) is 6.54 Å². The number of sulfonamides is 1. The average molecular weight is 377 g/mol. The fraction of sp³-hybridized carbons (Fsp3) is 0.176. The molecule has 2 amide bonds. The van der Waals surface area contributed by atoms with Crippen molar-refractivity contribution in [1.29, 1.82) is 0 Å². The molecule has 0 heterocycles. The second-order valence-corrected chi connectivity index (χ2v) is 6.99. The van der Waals surface area contributed by atoms with Crippen molar-refractivity contribution in [3.63, 3.8) is 0 Å². The Bertz CT molecular complexity index is 941. The quantitative estimate of drug-likeness (QED) is 0.671. The smallest absolute Gasteiger partial charge is 0.259 e. The topological polar surface area (TPSA) is 128 Å². The number of methoxy groups -OCH3 is 1. The van der Waals surface area contributed by atoms with E-state index in [1.165, 1.54) is 37.4 Å². The van der Waals surface area contributed by atoms with Crippen LogP contribution in [0.1, 0.15) is 27.6 Å². The fourth-order valence-electron chi connectivity index (χ4n) is 2.30. The van der Waals surface area contributed by atoms with E-state index in [1.54, 1.807) is 19.1 Å². The summed E-state index contributed by atoms with van der Waals surface area (Å²) in [7, 11) is -2.38. The van der Waals surface area contributed by atoms with E-state index in [2.05, 4.69) is 10.0 Å². The Labute approximate surface area is 151 Å². The highest BCUT2D eigenvalue weighted by molar-refractivity contribution is 7.89. The number of carbonyl (C=O) groups is 2. The van der Waals surface area contributed by atoms with Gasteiger partial charge in [-0.25, -0.2) is 13.1 Å². The van der Waals surface area contributed by atoms with Gasteiger partial charge in [0.15, 0.2) is 0 Å². The molecule has 0 unspecified atom stereocenters. The number of nitrogens with one attached hydrogen (secondary N) is 2. The van der Waals surface area contributed by atoms with Crippen molar-refractivity contribution >= 4 is 27.5 Å². The monoisotopic (exact) mass is 377 g/mol. The van der Waals surface area contributed by atoms with Gasteiger partial charge in [0.2, 0.25) is 10.0 Å². The highest BCUT2D eigenvalue weighted by atomic mass is 32.2. The van der Waals surface area contributed by atoms with Crippen LogP contribution in [0.2, 0.25) is 0 Å². The van der Waals surface area contributed by atoms with Gasteiger partial charge >= 0.3 is 0 Å². The summed E-state index contributed by atoms with van der Waals surface area (Å²) < 4.78 is 31.8. The highest BCUT2D eigenvalue weighted by Crippen LogP contribution is 2.24. The van der Waals surface area contributed by atoms with Gasteiger partial charge < -0.3 is 15.8 Å². The lowest BCUT2D eigenvalue weighted by atomic mass is 10.1. The Morgan fingerprint density at radius 2 is 1.81 bits per heavy atom. The van der Waals surface area contributed by atoms with Crippen molar-refractivity contribution in [1.82, 2.24) is 4.72 Å². The average Bonchev–Trinajstić information content (AvgIpc) is 2.61. The maximum atomic E-state index is 12.6. The van der Waals surface area contributed by atoms with Crippen LogP contribution in [0, 0.1) is 0 Å². The largest absolute Gasteiger partial charge is 0.496 e. The maximum Gasteiger partial charge on any atom is 0.259 e. The van der Waals surface area contributed by atoms with E-state index >= 15 is 0 Å². The van der Waals surface area contributed by atoms with E-state index in [0.29, 0.717) is 0 Å². The molecule has 8 nitrogen and oxygen atoms in total. The molecule has 0 spiro atoms. The van der Waals surface area contributed by atoms with Gasteiger partial charge in [-0.15, -0.1) is 0 Å². The molecule has 0 aliphatic heterocycles. The second-order valence-electron chi connectivity index (χ2n) is 5.23. The van der Waals surface area contributed by atoms with Gasteiger partial charge in [-0.05, 0) is 30.3 Å². The van der Waals surface area contributed by atoms with Crippen LogP contribution in [0.25, 0.3) is 0 Å². The molecule has 4 N–H and O–H groups in total. The molecule has 138 valence electrons. The summed E-state index contributed by atoms with van der Waals surface area (Å²) in [4.78, 5) is 24.1. The van der Waals surface area contributed by atoms with Crippen molar-refractivity contribution in [3.05, 3.63) is 53.6 Å². The molecular weight excluding hydrogens is 358 g/mol. The number of hydrogen-bond donors (Lipinski definition) is 3. The molecular formula is C17H19N3O5S. The molecule has 0 atom stereocenters. The highest BCUT2D eigenvalue weighted by Gasteiger charge is 2.20. The van der Waals surface area contributed by atoms with Gasteiger partial charge in [-0.1, -0.05) is 19.1 Å².